The van der Waals surface area contributed by atoms with Crippen molar-refractivity contribution in [2.75, 3.05) is 6.54 Å². The minimum atomic E-state index is 0.187. The number of nitrogens with zero attached hydrogens (tertiary/aromatic N) is 1. The maximum Gasteiger partial charge on any atom is 0.219 e. The van der Waals surface area contributed by atoms with Crippen LogP contribution in [0.25, 0.3) is 0 Å². The molecule has 1 aromatic carbocycles. The van der Waals surface area contributed by atoms with E-state index >= 15 is 0 Å². The Hall–Kier alpha value is -1.31. The van der Waals surface area contributed by atoms with E-state index in [9.17, 15) is 4.79 Å². The lowest BCUT2D eigenvalue weighted by Gasteiger charge is -2.29. The normalized spacial score (nSPS) is 14.9. The van der Waals surface area contributed by atoms with Gasteiger partial charge in [0.05, 0.1) is 0 Å². The van der Waals surface area contributed by atoms with Crippen LogP contribution in [0.5, 0.6) is 0 Å². The van der Waals surface area contributed by atoms with Crippen LogP contribution in [-0.4, -0.2) is 17.4 Å². The highest BCUT2D eigenvalue weighted by molar-refractivity contribution is 5.73. The molecule has 2 heteroatoms. The number of amides is 1. The van der Waals surface area contributed by atoms with E-state index in [4.69, 9.17) is 0 Å². The van der Waals surface area contributed by atoms with Crippen molar-refractivity contribution in [3.8, 4) is 0 Å². The highest BCUT2D eigenvalue weighted by Gasteiger charge is 2.19. The van der Waals surface area contributed by atoms with Crippen LogP contribution in [0.15, 0.2) is 18.2 Å². The summed E-state index contributed by atoms with van der Waals surface area (Å²) in [6.07, 6.45) is 2.05. The van der Waals surface area contributed by atoms with Crippen LogP contribution in [0, 0.1) is 0 Å². The quantitative estimate of drug-likeness (QED) is 0.685. The molecule has 0 N–H and O–H groups in total. The van der Waals surface area contributed by atoms with E-state index in [-0.39, 0.29) is 5.91 Å². The fraction of sp³-hybridized carbons (Fsp3) is 0.462. The first-order chi connectivity index (χ1) is 7.22. The summed E-state index contributed by atoms with van der Waals surface area (Å²) in [6, 6.07) is 6.48. The highest BCUT2D eigenvalue weighted by Crippen LogP contribution is 2.22. The van der Waals surface area contributed by atoms with Gasteiger partial charge in [-0.1, -0.05) is 25.1 Å². The molecule has 0 atom stereocenters. The summed E-state index contributed by atoms with van der Waals surface area (Å²) >= 11 is 0. The van der Waals surface area contributed by atoms with Crippen LogP contribution >= 0.6 is 0 Å². The van der Waals surface area contributed by atoms with Crippen LogP contribution in [0.2, 0.25) is 0 Å². The summed E-state index contributed by atoms with van der Waals surface area (Å²) in [5.41, 5.74) is 4.19. The molecule has 15 heavy (non-hydrogen) atoms. The first kappa shape index (κ1) is 10.2. The zero-order chi connectivity index (χ0) is 10.8. The number of carbonyl (C=O) groups is 1. The summed E-state index contributed by atoms with van der Waals surface area (Å²) in [7, 11) is 0. The Bertz CT molecular complexity index is 370. The van der Waals surface area contributed by atoms with E-state index in [1.54, 1.807) is 6.92 Å². The Labute approximate surface area is 90.9 Å². The predicted octanol–water partition coefficient (Wildman–Crippen LogP) is 2.15. The lowest BCUT2D eigenvalue weighted by molar-refractivity contribution is -0.129. The molecule has 0 unspecified atom stereocenters. The molecule has 1 aliphatic rings. The molecule has 0 spiro atoms. The minimum absolute atomic E-state index is 0.187. The molecular formula is C13H17NO. The number of fused-ring (bicyclic) bond motifs is 1. The number of hydrogen-bond donors (Lipinski definition) is 0. The first-order valence-corrected chi connectivity index (χ1v) is 5.57. The number of benzene rings is 1. The van der Waals surface area contributed by atoms with Gasteiger partial charge in [0.15, 0.2) is 0 Å². The van der Waals surface area contributed by atoms with Gasteiger partial charge in [0.25, 0.3) is 0 Å². The summed E-state index contributed by atoms with van der Waals surface area (Å²) < 4.78 is 0. The average Bonchev–Trinajstić information content (AvgIpc) is 2.27. The van der Waals surface area contributed by atoms with Crippen molar-refractivity contribution >= 4 is 5.91 Å². The highest BCUT2D eigenvalue weighted by atomic mass is 16.2. The van der Waals surface area contributed by atoms with E-state index < -0.39 is 0 Å². The monoisotopic (exact) mass is 203 g/mol. The van der Waals surface area contributed by atoms with Crippen molar-refractivity contribution in [3.63, 3.8) is 0 Å². The number of rotatable bonds is 1. The van der Waals surface area contributed by atoms with Crippen molar-refractivity contribution in [2.45, 2.75) is 33.2 Å². The molecule has 1 aromatic rings. The van der Waals surface area contributed by atoms with E-state index in [2.05, 4.69) is 25.1 Å². The van der Waals surface area contributed by atoms with Gasteiger partial charge in [0.2, 0.25) is 5.91 Å². The molecule has 2 nitrogen and oxygen atoms in total. The van der Waals surface area contributed by atoms with Gasteiger partial charge in [-0.3, -0.25) is 4.79 Å². The minimum Gasteiger partial charge on any atom is -0.338 e. The fourth-order valence-electron chi connectivity index (χ4n) is 2.25. The molecule has 0 saturated heterocycles. The molecule has 0 aromatic heterocycles. The van der Waals surface area contributed by atoms with Crippen LogP contribution in [-0.2, 0) is 24.2 Å². The Morgan fingerprint density at radius 2 is 2.27 bits per heavy atom. The Kier molecular flexibility index (Phi) is 2.76. The van der Waals surface area contributed by atoms with Gasteiger partial charge in [-0.15, -0.1) is 0 Å². The maximum absolute atomic E-state index is 11.3. The summed E-state index contributed by atoms with van der Waals surface area (Å²) in [5.74, 6) is 0.187. The maximum atomic E-state index is 11.3. The third-order valence-corrected chi connectivity index (χ3v) is 3.20. The second-order valence-electron chi connectivity index (χ2n) is 4.10. The summed E-state index contributed by atoms with van der Waals surface area (Å²) in [5, 5.41) is 0. The van der Waals surface area contributed by atoms with Crippen LogP contribution in [0.4, 0.5) is 0 Å². The van der Waals surface area contributed by atoms with E-state index in [0.717, 1.165) is 25.9 Å². The lowest BCUT2D eigenvalue weighted by Crippen LogP contribution is -2.34. The Balaban J connectivity index is 2.34. The number of aryl methyl sites for hydroxylation is 1. The first-order valence-electron chi connectivity index (χ1n) is 5.57. The van der Waals surface area contributed by atoms with E-state index in [0.29, 0.717) is 0 Å². The predicted molar refractivity (Wildman–Crippen MR) is 60.6 cm³/mol. The third-order valence-electron chi connectivity index (χ3n) is 3.20. The molecule has 1 aliphatic heterocycles. The Morgan fingerprint density at radius 3 is 2.93 bits per heavy atom. The lowest BCUT2D eigenvalue weighted by atomic mass is 9.94. The van der Waals surface area contributed by atoms with Gasteiger partial charge in [-0.25, -0.2) is 0 Å². The number of carbonyl (C=O) groups excluding carboxylic acids is 1. The standard InChI is InChI=1S/C13H17NO/c1-3-11-5-4-6-12-7-8-14(10(2)15)9-13(11)12/h4-6H,3,7-9H2,1-2H3. The third kappa shape index (κ3) is 1.89. The van der Waals surface area contributed by atoms with Gasteiger partial charge in [-0.2, -0.15) is 0 Å². The average molecular weight is 203 g/mol. The molecule has 0 fully saturated rings. The molecular weight excluding hydrogens is 186 g/mol. The largest absolute Gasteiger partial charge is 0.338 e. The summed E-state index contributed by atoms with van der Waals surface area (Å²) in [6.45, 7) is 5.49. The molecule has 1 amide bonds. The smallest absolute Gasteiger partial charge is 0.219 e. The van der Waals surface area contributed by atoms with E-state index in [1.165, 1.54) is 16.7 Å². The van der Waals surface area contributed by atoms with Gasteiger partial charge >= 0.3 is 0 Å². The van der Waals surface area contributed by atoms with Crippen LogP contribution in [0.1, 0.15) is 30.5 Å². The zero-order valence-electron chi connectivity index (χ0n) is 9.42. The van der Waals surface area contributed by atoms with Crippen molar-refractivity contribution in [2.24, 2.45) is 0 Å². The topological polar surface area (TPSA) is 20.3 Å². The zero-order valence-corrected chi connectivity index (χ0v) is 9.42. The number of hydrogen-bond acceptors (Lipinski definition) is 1. The second-order valence-corrected chi connectivity index (χ2v) is 4.10. The molecule has 80 valence electrons. The van der Waals surface area contributed by atoms with Gasteiger partial charge in [0, 0.05) is 20.0 Å². The second kappa shape index (κ2) is 4.05. The van der Waals surface area contributed by atoms with Crippen molar-refractivity contribution < 1.29 is 4.79 Å². The SMILES string of the molecule is CCc1cccc2c1CN(C(C)=O)CC2. The molecule has 2 rings (SSSR count). The van der Waals surface area contributed by atoms with E-state index in [1.807, 2.05) is 4.90 Å². The van der Waals surface area contributed by atoms with Crippen LogP contribution in [0.3, 0.4) is 0 Å². The van der Waals surface area contributed by atoms with Crippen LogP contribution < -0.4 is 0 Å². The molecule has 0 aliphatic carbocycles. The molecule has 0 bridgehead atoms. The molecule has 1 heterocycles. The van der Waals surface area contributed by atoms with Gasteiger partial charge < -0.3 is 4.90 Å². The van der Waals surface area contributed by atoms with Gasteiger partial charge in [-0.05, 0) is 29.5 Å². The summed E-state index contributed by atoms with van der Waals surface area (Å²) in [4.78, 5) is 13.3. The molecule has 0 saturated carbocycles. The van der Waals surface area contributed by atoms with Crippen molar-refractivity contribution in [1.29, 1.82) is 0 Å². The fourth-order valence-corrected chi connectivity index (χ4v) is 2.25. The van der Waals surface area contributed by atoms with Gasteiger partial charge in [0.1, 0.15) is 0 Å². The Morgan fingerprint density at radius 1 is 1.47 bits per heavy atom. The molecule has 0 radical (unpaired) electrons. The van der Waals surface area contributed by atoms with Crippen molar-refractivity contribution in [1.82, 2.24) is 4.90 Å². The van der Waals surface area contributed by atoms with Crippen molar-refractivity contribution in [3.05, 3.63) is 34.9 Å².